The molecule has 0 aromatic rings. The average Bonchev–Trinajstić information content (AvgIpc) is 2.81. The van der Waals surface area contributed by atoms with E-state index in [9.17, 15) is 0 Å². The molecule has 3 atom stereocenters. The van der Waals surface area contributed by atoms with Crippen LogP contribution in [0.3, 0.4) is 0 Å². The third kappa shape index (κ3) is 4.27. The number of rotatable bonds is 3. The number of nitrogens with zero attached hydrogens (tertiary/aromatic N) is 1. The van der Waals surface area contributed by atoms with Gasteiger partial charge in [-0.05, 0) is 57.3 Å². The Kier molecular flexibility index (Phi) is 6.23. The minimum Gasteiger partial charge on any atom is -0.377 e. The summed E-state index contributed by atoms with van der Waals surface area (Å²) < 4.78 is 5.72. The highest BCUT2D eigenvalue weighted by atomic mass is 16.5. The molecular weight excluding hydrogens is 307 g/mol. The summed E-state index contributed by atoms with van der Waals surface area (Å²) in [7, 11) is 2.48. The highest BCUT2D eigenvalue weighted by molar-refractivity contribution is 6.15. The van der Waals surface area contributed by atoms with Crippen LogP contribution in [0.25, 0.3) is 0 Å². The van der Waals surface area contributed by atoms with Gasteiger partial charge in [-0.1, -0.05) is 39.5 Å². The molecule has 3 unspecified atom stereocenters. The van der Waals surface area contributed by atoms with Crippen LogP contribution in [0.1, 0.15) is 85.5 Å². The minimum absolute atomic E-state index is 0.317. The molecule has 1 spiro atoms. The zero-order valence-corrected chi connectivity index (χ0v) is 17.4. The molecule has 144 valence electrons. The molecule has 0 aromatic heterocycles. The molecule has 2 heterocycles. The van der Waals surface area contributed by atoms with Crippen LogP contribution in [0.2, 0.25) is 0 Å². The third-order valence-corrected chi connectivity index (χ3v) is 7.07. The van der Waals surface area contributed by atoms with Crippen LogP contribution in [0.5, 0.6) is 0 Å². The van der Waals surface area contributed by atoms with E-state index in [4.69, 9.17) is 4.74 Å². The van der Waals surface area contributed by atoms with E-state index in [-0.39, 0.29) is 0 Å². The lowest BCUT2D eigenvalue weighted by Crippen LogP contribution is -2.62. The highest BCUT2D eigenvalue weighted by Crippen LogP contribution is 2.48. The van der Waals surface area contributed by atoms with Crippen LogP contribution >= 0.6 is 0 Å². The fourth-order valence-corrected chi connectivity index (χ4v) is 6.21. The number of likely N-dealkylation sites (tertiary alicyclic amines) is 1. The van der Waals surface area contributed by atoms with Crippen LogP contribution in [0.4, 0.5) is 0 Å². The van der Waals surface area contributed by atoms with Gasteiger partial charge in [0.15, 0.2) is 0 Å². The number of ether oxygens (including phenoxy) is 1. The van der Waals surface area contributed by atoms with Crippen molar-refractivity contribution >= 4 is 7.85 Å². The topological polar surface area (TPSA) is 24.5 Å². The lowest BCUT2D eigenvalue weighted by molar-refractivity contribution is -0.141. The Hall–Kier alpha value is -0.0551. The van der Waals surface area contributed by atoms with Crippen LogP contribution in [0, 0.1) is 5.92 Å². The standard InChI is InChI=1S/C21H41BN2O/c1-16(2)23-21(22)11-8-6-5-7-9-19-18(10-12-21)13-20(14-25-15-20)24(19)17(3)4/h16-19,23H,5-15,22H2,1-4H3. The van der Waals surface area contributed by atoms with Gasteiger partial charge >= 0.3 is 0 Å². The molecule has 4 heteroatoms. The second kappa shape index (κ2) is 7.90. The van der Waals surface area contributed by atoms with E-state index < -0.39 is 0 Å². The van der Waals surface area contributed by atoms with Crippen LogP contribution in [-0.2, 0) is 4.74 Å². The van der Waals surface area contributed by atoms with E-state index in [1.165, 1.54) is 57.8 Å². The van der Waals surface area contributed by atoms with Crippen molar-refractivity contribution in [2.24, 2.45) is 5.92 Å². The first kappa shape index (κ1) is 19.7. The SMILES string of the molecule is BC1(NC(C)C)CCCCCCC2C(CC1)CC1(COC1)N2C(C)C. The second-order valence-electron chi connectivity index (χ2n) is 10.1. The van der Waals surface area contributed by atoms with Crippen molar-refractivity contribution in [3.63, 3.8) is 0 Å². The molecule has 1 N–H and O–H groups in total. The van der Waals surface area contributed by atoms with Gasteiger partial charge in [0.25, 0.3) is 0 Å². The van der Waals surface area contributed by atoms with E-state index in [0.717, 1.165) is 25.2 Å². The molecule has 25 heavy (non-hydrogen) atoms. The molecule has 3 aliphatic rings. The van der Waals surface area contributed by atoms with Crippen LogP contribution in [-0.4, -0.2) is 55.1 Å². The highest BCUT2D eigenvalue weighted by Gasteiger charge is 2.56. The summed E-state index contributed by atoms with van der Waals surface area (Å²) in [5, 5.41) is 3.92. The first-order valence-electron chi connectivity index (χ1n) is 11.0. The molecule has 1 aliphatic carbocycles. The number of fused-ring (bicyclic) bond motifs is 1. The van der Waals surface area contributed by atoms with Crippen molar-refractivity contribution in [2.45, 2.75) is 115 Å². The smallest absolute Gasteiger partial charge is 0.127 e. The lowest BCUT2D eigenvalue weighted by atomic mass is 9.68. The van der Waals surface area contributed by atoms with E-state index in [1.807, 2.05) is 0 Å². The van der Waals surface area contributed by atoms with Gasteiger partial charge < -0.3 is 10.1 Å². The lowest BCUT2D eigenvalue weighted by Gasteiger charge is -2.49. The predicted molar refractivity (Wildman–Crippen MR) is 109 cm³/mol. The van der Waals surface area contributed by atoms with E-state index in [0.29, 0.717) is 23.1 Å². The summed E-state index contributed by atoms with van der Waals surface area (Å²) in [6.07, 6.45) is 12.4. The summed E-state index contributed by atoms with van der Waals surface area (Å²) >= 11 is 0. The van der Waals surface area contributed by atoms with Crippen molar-refractivity contribution in [1.29, 1.82) is 0 Å². The first-order valence-corrected chi connectivity index (χ1v) is 11.0. The van der Waals surface area contributed by atoms with Crippen molar-refractivity contribution in [3.05, 3.63) is 0 Å². The van der Waals surface area contributed by atoms with E-state index >= 15 is 0 Å². The number of nitrogens with one attached hydrogen (secondary N) is 1. The molecule has 0 amide bonds. The van der Waals surface area contributed by atoms with Gasteiger partial charge in [-0.2, -0.15) is 0 Å². The molecule has 3 fully saturated rings. The van der Waals surface area contributed by atoms with E-state index in [1.54, 1.807) is 0 Å². The Morgan fingerprint density at radius 3 is 2.32 bits per heavy atom. The molecule has 2 saturated heterocycles. The van der Waals surface area contributed by atoms with Crippen molar-refractivity contribution in [1.82, 2.24) is 10.2 Å². The molecule has 0 bridgehead atoms. The van der Waals surface area contributed by atoms with Crippen molar-refractivity contribution in [2.75, 3.05) is 13.2 Å². The molecular formula is C21H41BN2O. The molecule has 3 rings (SSSR count). The second-order valence-corrected chi connectivity index (χ2v) is 10.1. The van der Waals surface area contributed by atoms with Crippen molar-refractivity contribution in [3.8, 4) is 0 Å². The molecule has 2 aliphatic heterocycles. The summed E-state index contributed by atoms with van der Waals surface area (Å²) in [6.45, 7) is 11.3. The van der Waals surface area contributed by atoms with Gasteiger partial charge in [-0.3, -0.25) is 4.90 Å². The maximum atomic E-state index is 5.72. The van der Waals surface area contributed by atoms with Crippen LogP contribution < -0.4 is 5.32 Å². The molecule has 0 radical (unpaired) electrons. The van der Waals surface area contributed by atoms with Crippen molar-refractivity contribution < 1.29 is 4.74 Å². The molecule has 0 aromatic carbocycles. The largest absolute Gasteiger partial charge is 0.377 e. The summed E-state index contributed by atoms with van der Waals surface area (Å²) in [6, 6.07) is 2.00. The Bertz CT molecular complexity index is 438. The Morgan fingerprint density at radius 1 is 1.00 bits per heavy atom. The normalized spacial score (nSPS) is 37.0. The average molecular weight is 348 g/mol. The zero-order chi connectivity index (χ0) is 18.1. The zero-order valence-electron chi connectivity index (χ0n) is 17.4. The summed E-state index contributed by atoms with van der Waals surface area (Å²) in [5.74, 6) is 0.859. The van der Waals surface area contributed by atoms with Gasteiger partial charge in [-0.15, -0.1) is 0 Å². The minimum atomic E-state index is 0.317. The van der Waals surface area contributed by atoms with Crippen LogP contribution in [0.15, 0.2) is 0 Å². The molecule has 1 saturated carbocycles. The predicted octanol–water partition coefficient (Wildman–Crippen LogP) is 3.32. The Balaban J connectivity index is 1.76. The number of hydrogen-bond acceptors (Lipinski definition) is 3. The van der Waals surface area contributed by atoms with Gasteiger partial charge in [0.1, 0.15) is 7.85 Å². The summed E-state index contributed by atoms with van der Waals surface area (Å²) in [5.41, 5.74) is 0.688. The quantitative estimate of drug-likeness (QED) is 0.792. The fraction of sp³-hybridized carbons (Fsp3) is 1.00. The summed E-state index contributed by atoms with van der Waals surface area (Å²) in [4.78, 5) is 2.88. The fourth-order valence-electron chi connectivity index (χ4n) is 6.21. The Morgan fingerprint density at radius 2 is 1.72 bits per heavy atom. The maximum Gasteiger partial charge on any atom is 0.127 e. The molecule has 3 nitrogen and oxygen atoms in total. The third-order valence-electron chi connectivity index (χ3n) is 7.07. The first-order chi connectivity index (χ1) is 11.9. The Labute approximate surface area is 157 Å². The monoisotopic (exact) mass is 348 g/mol. The van der Waals surface area contributed by atoms with Gasteiger partial charge in [-0.25, -0.2) is 0 Å². The van der Waals surface area contributed by atoms with Gasteiger partial charge in [0, 0.05) is 18.1 Å². The maximum absolute atomic E-state index is 5.72. The number of hydrogen-bond donors (Lipinski definition) is 1. The van der Waals surface area contributed by atoms with E-state index in [2.05, 4.69) is 45.8 Å². The van der Waals surface area contributed by atoms with Gasteiger partial charge in [0.2, 0.25) is 0 Å². The van der Waals surface area contributed by atoms with Gasteiger partial charge in [0.05, 0.1) is 18.8 Å².